The average Bonchev–Trinajstić information content (AvgIpc) is 3.16. The van der Waals surface area contributed by atoms with Crippen LogP contribution in [0.2, 0.25) is 0 Å². The van der Waals surface area contributed by atoms with E-state index in [1.54, 1.807) is 6.08 Å². The lowest BCUT2D eigenvalue weighted by Crippen LogP contribution is -2.45. The van der Waals surface area contributed by atoms with Crippen molar-refractivity contribution in [2.45, 2.75) is 238 Å². The molecule has 53 heavy (non-hydrogen) atoms. The van der Waals surface area contributed by atoms with Crippen molar-refractivity contribution in [1.29, 1.82) is 0 Å². The van der Waals surface area contributed by atoms with E-state index in [0.29, 0.717) is 12.8 Å². The third-order valence-electron chi connectivity index (χ3n) is 10.3. The SMILES string of the molecule is CC/C=C\C/C=C\C/C=C\C/C=C\CCC(=O)NC(CO)C(O)/C=C/CCCCCCCCCCCCCCCCCCCCCCCCCCCC. The van der Waals surface area contributed by atoms with Crippen molar-refractivity contribution >= 4 is 5.91 Å². The molecule has 0 spiro atoms. The summed E-state index contributed by atoms with van der Waals surface area (Å²) in [5.74, 6) is -0.144. The molecule has 0 aliphatic heterocycles. The van der Waals surface area contributed by atoms with E-state index in [-0.39, 0.29) is 12.5 Å². The fourth-order valence-electron chi connectivity index (χ4n) is 6.78. The van der Waals surface area contributed by atoms with Gasteiger partial charge in [-0.05, 0) is 44.9 Å². The second kappa shape index (κ2) is 44.5. The normalized spacial score (nSPS) is 13.5. The smallest absolute Gasteiger partial charge is 0.220 e. The molecule has 2 atom stereocenters. The molecule has 0 saturated carbocycles. The maximum Gasteiger partial charge on any atom is 0.220 e. The molecule has 4 nitrogen and oxygen atoms in total. The summed E-state index contributed by atoms with van der Waals surface area (Å²) >= 11 is 0. The van der Waals surface area contributed by atoms with E-state index < -0.39 is 12.1 Å². The summed E-state index contributed by atoms with van der Waals surface area (Å²) in [7, 11) is 0. The molecule has 0 fully saturated rings. The highest BCUT2D eigenvalue weighted by atomic mass is 16.3. The molecule has 3 N–H and O–H groups in total. The molecule has 0 aromatic heterocycles. The van der Waals surface area contributed by atoms with E-state index in [4.69, 9.17) is 0 Å². The van der Waals surface area contributed by atoms with Crippen molar-refractivity contribution < 1.29 is 15.0 Å². The zero-order valence-corrected chi connectivity index (χ0v) is 35.3. The summed E-state index contributed by atoms with van der Waals surface area (Å²) in [5, 5.41) is 22.9. The highest BCUT2D eigenvalue weighted by Gasteiger charge is 2.17. The Morgan fingerprint density at radius 2 is 0.830 bits per heavy atom. The lowest BCUT2D eigenvalue weighted by atomic mass is 10.0. The fraction of sp³-hybridized carbons (Fsp3) is 0.776. The van der Waals surface area contributed by atoms with Gasteiger partial charge in [0.15, 0.2) is 0 Å². The van der Waals surface area contributed by atoms with Crippen LogP contribution in [0.25, 0.3) is 0 Å². The maximum absolute atomic E-state index is 12.3. The first-order valence-corrected chi connectivity index (χ1v) is 23.0. The molecular weight excluding hydrogens is 651 g/mol. The Morgan fingerprint density at radius 3 is 1.21 bits per heavy atom. The Kier molecular flexibility index (Phi) is 42.9. The Bertz CT molecular complexity index is 888. The zero-order valence-electron chi connectivity index (χ0n) is 35.3. The van der Waals surface area contributed by atoms with E-state index in [0.717, 1.165) is 38.5 Å². The first-order valence-electron chi connectivity index (χ1n) is 23.0. The molecule has 0 radical (unpaired) electrons. The van der Waals surface area contributed by atoms with Crippen LogP contribution < -0.4 is 5.32 Å². The number of carbonyl (C=O) groups is 1. The van der Waals surface area contributed by atoms with Crippen LogP contribution in [0.3, 0.4) is 0 Å². The van der Waals surface area contributed by atoms with Crippen molar-refractivity contribution in [1.82, 2.24) is 5.32 Å². The number of amides is 1. The maximum atomic E-state index is 12.3. The van der Waals surface area contributed by atoms with Crippen LogP contribution in [0.15, 0.2) is 60.8 Å². The number of allylic oxidation sites excluding steroid dienone is 9. The van der Waals surface area contributed by atoms with E-state index in [1.807, 2.05) is 12.2 Å². The molecule has 4 heteroatoms. The van der Waals surface area contributed by atoms with Crippen molar-refractivity contribution in [2.75, 3.05) is 6.61 Å². The number of aliphatic hydroxyl groups excluding tert-OH is 2. The molecule has 308 valence electrons. The van der Waals surface area contributed by atoms with Gasteiger partial charge >= 0.3 is 0 Å². The molecule has 0 aliphatic carbocycles. The summed E-state index contributed by atoms with van der Waals surface area (Å²) in [6.45, 7) is 4.16. The van der Waals surface area contributed by atoms with Crippen LogP contribution in [0.4, 0.5) is 0 Å². The third kappa shape index (κ3) is 41.1. The number of aliphatic hydroxyl groups is 2. The minimum Gasteiger partial charge on any atom is -0.394 e. The predicted molar refractivity (Wildman–Crippen MR) is 234 cm³/mol. The van der Waals surface area contributed by atoms with E-state index in [2.05, 4.69) is 61.7 Å². The Morgan fingerprint density at radius 1 is 0.472 bits per heavy atom. The second-order valence-electron chi connectivity index (χ2n) is 15.4. The third-order valence-corrected chi connectivity index (χ3v) is 10.3. The quantitative estimate of drug-likeness (QED) is 0.0432. The average molecular weight is 740 g/mol. The number of hydrogen-bond donors (Lipinski definition) is 3. The summed E-state index contributed by atoms with van der Waals surface area (Å²) in [6, 6.07) is -0.662. The van der Waals surface area contributed by atoms with Gasteiger partial charge in [-0.1, -0.05) is 235 Å². The lowest BCUT2D eigenvalue weighted by molar-refractivity contribution is -0.122. The topological polar surface area (TPSA) is 69.6 Å². The fourth-order valence-corrected chi connectivity index (χ4v) is 6.78. The van der Waals surface area contributed by atoms with Gasteiger partial charge in [0.1, 0.15) is 0 Å². The Labute approximate surface area is 330 Å². The Hall–Kier alpha value is -1.91. The Balaban J connectivity index is 3.54. The van der Waals surface area contributed by atoms with Gasteiger partial charge < -0.3 is 15.5 Å². The van der Waals surface area contributed by atoms with Crippen LogP contribution >= 0.6 is 0 Å². The van der Waals surface area contributed by atoms with Crippen LogP contribution in [-0.2, 0) is 4.79 Å². The van der Waals surface area contributed by atoms with Gasteiger partial charge in [-0.25, -0.2) is 0 Å². The van der Waals surface area contributed by atoms with Crippen LogP contribution in [0.1, 0.15) is 226 Å². The molecule has 2 unspecified atom stereocenters. The standard InChI is InChI=1S/C49H89NO3/c1-3-5-7-9-11-13-15-17-18-19-20-21-22-23-24-25-26-27-28-29-30-31-33-34-36-38-40-42-44-48(52)47(46-51)50-49(53)45-43-41-39-37-35-32-16-14-12-10-8-6-4-2/h6,8,12,14,32,35,39,41-42,44,47-48,51-52H,3-5,7,9-11,13,15-31,33-34,36-38,40,43,45-46H2,1-2H3,(H,50,53)/b8-6-,14-12-,35-32-,41-39-,44-42+. The van der Waals surface area contributed by atoms with Crippen molar-refractivity contribution in [3.05, 3.63) is 60.8 Å². The second-order valence-corrected chi connectivity index (χ2v) is 15.4. The lowest BCUT2D eigenvalue weighted by Gasteiger charge is -2.19. The van der Waals surface area contributed by atoms with Crippen molar-refractivity contribution in [3.8, 4) is 0 Å². The molecular formula is C49H89NO3. The molecule has 0 bridgehead atoms. The first-order chi connectivity index (χ1) is 26.2. The highest BCUT2D eigenvalue weighted by Crippen LogP contribution is 2.16. The number of rotatable bonds is 41. The molecule has 0 aromatic rings. The van der Waals surface area contributed by atoms with E-state index in [9.17, 15) is 15.0 Å². The van der Waals surface area contributed by atoms with Gasteiger partial charge in [0.2, 0.25) is 5.91 Å². The minimum absolute atomic E-state index is 0.144. The number of nitrogens with one attached hydrogen (secondary N) is 1. The van der Waals surface area contributed by atoms with Crippen LogP contribution in [0, 0.1) is 0 Å². The monoisotopic (exact) mass is 740 g/mol. The molecule has 0 saturated heterocycles. The molecule has 0 aliphatic rings. The van der Waals surface area contributed by atoms with Gasteiger partial charge in [-0.3, -0.25) is 4.79 Å². The molecule has 0 aromatic carbocycles. The van der Waals surface area contributed by atoms with Gasteiger partial charge in [0.05, 0.1) is 18.8 Å². The van der Waals surface area contributed by atoms with Crippen molar-refractivity contribution in [3.63, 3.8) is 0 Å². The number of carbonyl (C=O) groups excluding carboxylic acids is 1. The number of hydrogen-bond acceptors (Lipinski definition) is 3. The number of unbranched alkanes of at least 4 members (excludes halogenated alkanes) is 26. The van der Waals surface area contributed by atoms with Crippen LogP contribution in [-0.4, -0.2) is 34.9 Å². The summed E-state index contributed by atoms with van der Waals surface area (Å²) < 4.78 is 0. The largest absolute Gasteiger partial charge is 0.394 e. The van der Waals surface area contributed by atoms with Crippen molar-refractivity contribution in [2.24, 2.45) is 0 Å². The predicted octanol–water partition coefficient (Wildman–Crippen LogP) is 14.5. The summed E-state index contributed by atoms with van der Waals surface area (Å²) in [5.41, 5.74) is 0. The van der Waals surface area contributed by atoms with Gasteiger partial charge in [-0.15, -0.1) is 0 Å². The van der Waals surface area contributed by atoms with Gasteiger partial charge in [0, 0.05) is 6.42 Å². The van der Waals surface area contributed by atoms with Gasteiger partial charge in [-0.2, -0.15) is 0 Å². The zero-order chi connectivity index (χ0) is 38.6. The van der Waals surface area contributed by atoms with Crippen LogP contribution in [0.5, 0.6) is 0 Å². The van der Waals surface area contributed by atoms with Gasteiger partial charge in [0.25, 0.3) is 0 Å². The molecule has 0 heterocycles. The highest BCUT2D eigenvalue weighted by molar-refractivity contribution is 5.76. The summed E-state index contributed by atoms with van der Waals surface area (Å²) in [6.07, 6.45) is 62.2. The van der Waals surface area contributed by atoms with E-state index >= 15 is 0 Å². The molecule has 0 rings (SSSR count). The molecule has 1 amide bonds. The van der Waals surface area contributed by atoms with E-state index in [1.165, 1.54) is 161 Å². The first kappa shape index (κ1) is 51.1. The minimum atomic E-state index is -0.870. The summed E-state index contributed by atoms with van der Waals surface area (Å²) in [4.78, 5) is 12.3.